The highest BCUT2D eigenvalue weighted by molar-refractivity contribution is 5.82. The lowest BCUT2D eigenvalue weighted by molar-refractivity contribution is -0.143. The molecule has 2 fully saturated rings. The number of nitrogens with one attached hydrogen (secondary N) is 1. The Hall–Kier alpha value is -1.92. The van der Waals surface area contributed by atoms with Gasteiger partial charge in [-0.2, -0.15) is 0 Å². The lowest BCUT2D eigenvalue weighted by atomic mass is 10.1. The van der Waals surface area contributed by atoms with Gasteiger partial charge < -0.3 is 14.6 Å². The van der Waals surface area contributed by atoms with Crippen LogP contribution in [0, 0.1) is 0 Å². The predicted molar refractivity (Wildman–Crippen MR) is 106 cm³/mol. The number of nitrogens with zero attached hydrogens (tertiary/aromatic N) is 3. The molecule has 1 saturated carbocycles. The van der Waals surface area contributed by atoms with Gasteiger partial charge in [-0.3, -0.25) is 9.69 Å². The Bertz CT molecular complexity index is 735. The summed E-state index contributed by atoms with van der Waals surface area (Å²) >= 11 is 0. The number of amides is 1. The first-order valence-corrected chi connectivity index (χ1v) is 10.2. The molecule has 1 aromatic heterocycles. The largest absolute Gasteiger partial charge is 0.378 e. The van der Waals surface area contributed by atoms with E-state index in [1.165, 1.54) is 25.7 Å². The Labute approximate surface area is 160 Å². The molecule has 0 bridgehead atoms. The van der Waals surface area contributed by atoms with E-state index in [9.17, 15) is 4.79 Å². The highest BCUT2D eigenvalue weighted by Gasteiger charge is 2.36. The van der Waals surface area contributed by atoms with Gasteiger partial charge in [-0.05, 0) is 31.4 Å². The van der Waals surface area contributed by atoms with Gasteiger partial charge in [0.15, 0.2) is 0 Å². The van der Waals surface area contributed by atoms with E-state index >= 15 is 0 Å². The van der Waals surface area contributed by atoms with Gasteiger partial charge in [0.1, 0.15) is 11.9 Å². The Morgan fingerprint density at radius 1 is 1.33 bits per heavy atom. The zero-order chi connectivity index (χ0) is 18.6. The molecule has 2 aliphatic rings. The zero-order valence-electron chi connectivity index (χ0n) is 16.2. The number of para-hydroxylation sites is 2. The summed E-state index contributed by atoms with van der Waals surface area (Å²) in [5.41, 5.74) is 2.08. The zero-order valence-corrected chi connectivity index (χ0v) is 16.2. The van der Waals surface area contributed by atoms with E-state index in [1.54, 1.807) is 0 Å². The molecular weight excluding hydrogens is 340 g/mol. The summed E-state index contributed by atoms with van der Waals surface area (Å²) in [6.45, 7) is 2.90. The normalized spacial score (nSPS) is 21.7. The van der Waals surface area contributed by atoms with Crippen molar-refractivity contribution >= 4 is 16.9 Å². The molecule has 2 heterocycles. The molecule has 0 radical (unpaired) electrons. The molecule has 1 aromatic carbocycles. The third-order valence-corrected chi connectivity index (χ3v) is 5.97. The van der Waals surface area contributed by atoms with Crippen molar-refractivity contribution < 1.29 is 9.53 Å². The number of aromatic nitrogens is 2. The molecule has 0 unspecified atom stereocenters. The third-order valence-electron chi connectivity index (χ3n) is 5.97. The molecule has 1 aliphatic carbocycles. The van der Waals surface area contributed by atoms with Crippen LogP contribution in [-0.4, -0.2) is 71.1 Å². The average Bonchev–Trinajstić information content (AvgIpc) is 3.36. The highest BCUT2D eigenvalue weighted by atomic mass is 16.5. The maximum absolute atomic E-state index is 13.0. The number of benzene rings is 1. The van der Waals surface area contributed by atoms with Crippen molar-refractivity contribution in [2.24, 2.45) is 0 Å². The van der Waals surface area contributed by atoms with Crippen molar-refractivity contribution in [3.63, 3.8) is 0 Å². The van der Waals surface area contributed by atoms with Crippen LogP contribution in [0.15, 0.2) is 24.3 Å². The lowest BCUT2D eigenvalue weighted by Crippen LogP contribution is -2.57. The van der Waals surface area contributed by atoms with Crippen molar-refractivity contribution in [3.05, 3.63) is 30.1 Å². The van der Waals surface area contributed by atoms with Crippen molar-refractivity contribution in [2.45, 2.75) is 50.6 Å². The average molecular weight is 370 g/mol. The van der Waals surface area contributed by atoms with Crippen LogP contribution in [0.4, 0.5) is 0 Å². The van der Waals surface area contributed by atoms with Crippen LogP contribution in [0.1, 0.15) is 37.9 Å². The van der Waals surface area contributed by atoms with Gasteiger partial charge in [-0.25, -0.2) is 4.98 Å². The fraction of sp³-hybridized carbons (Fsp3) is 0.619. The van der Waals surface area contributed by atoms with Crippen LogP contribution in [0.25, 0.3) is 11.0 Å². The number of carbonyl (C=O) groups is 1. The van der Waals surface area contributed by atoms with Gasteiger partial charge in [0.2, 0.25) is 5.91 Å². The maximum Gasteiger partial charge on any atom is 0.242 e. The maximum atomic E-state index is 13.0. The second-order valence-corrected chi connectivity index (χ2v) is 7.83. The number of aromatic amines is 1. The first kappa shape index (κ1) is 18.4. The number of hydrogen-bond donors (Lipinski definition) is 1. The molecule has 27 heavy (non-hydrogen) atoms. The van der Waals surface area contributed by atoms with E-state index < -0.39 is 0 Å². The summed E-state index contributed by atoms with van der Waals surface area (Å²) in [6, 6.07) is 8.53. The van der Waals surface area contributed by atoms with Crippen LogP contribution < -0.4 is 0 Å². The molecule has 146 valence electrons. The second-order valence-electron chi connectivity index (χ2n) is 7.83. The summed E-state index contributed by atoms with van der Waals surface area (Å²) < 4.78 is 5.65. The van der Waals surface area contributed by atoms with Crippen molar-refractivity contribution in [1.82, 2.24) is 19.8 Å². The summed E-state index contributed by atoms with van der Waals surface area (Å²) in [6.07, 6.45) is 6.77. The monoisotopic (exact) mass is 370 g/mol. The number of H-pyrrole nitrogens is 1. The van der Waals surface area contributed by atoms with E-state index in [-0.39, 0.29) is 11.9 Å². The van der Waals surface area contributed by atoms with Gasteiger partial charge in [0.05, 0.1) is 24.2 Å². The van der Waals surface area contributed by atoms with Gasteiger partial charge in [-0.15, -0.1) is 0 Å². The van der Waals surface area contributed by atoms with Crippen molar-refractivity contribution in [3.8, 4) is 0 Å². The smallest absolute Gasteiger partial charge is 0.242 e. The molecule has 6 heteroatoms. The van der Waals surface area contributed by atoms with Crippen LogP contribution in [0.5, 0.6) is 0 Å². The number of ether oxygens (including phenoxy) is 1. The van der Waals surface area contributed by atoms with Gasteiger partial charge in [0.25, 0.3) is 0 Å². The summed E-state index contributed by atoms with van der Waals surface area (Å²) in [5.74, 6) is 1.19. The number of fused-ring (bicyclic) bond motifs is 1. The Balaban J connectivity index is 1.31. The van der Waals surface area contributed by atoms with Crippen molar-refractivity contribution in [1.29, 1.82) is 0 Å². The number of aryl methyl sites for hydroxylation is 1. The van der Waals surface area contributed by atoms with Crippen LogP contribution in [-0.2, 0) is 16.0 Å². The fourth-order valence-corrected chi connectivity index (χ4v) is 4.47. The van der Waals surface area contributed by atoms with E-state index in [4.69, 9.17) is 4.74 Å². The van der Waals surface area contributed by atoms with E-state index in [1.807, 2.05) is 36.2 Å². The lowest BCUT2D eigenvalue weighted by Gasteiger charge is -2.40. The third kappa shape index (κ3) is 4.17. The molecule has 4 rings (SSSR count). The van der Waals surface area contributed by atoms with E-state index in [0.29, 0.717) is 12.6 Å². The molecule has 1 amide bonds. The number of imidazole rings is 1. The molecule has 0 spiro atoms. The molecule has 1 aliphatic heterocycles. The minimum atomic E-state index is -0.113. The predicted octanol–water partition coefficient (Wildman–Crippen LogP) is 2.60. The molecular formula is C21H30N4O2. The number of rotatable bonds is 6. The number of carbonyl (C=O) groups excluding carboxylic acids is 1. The molecule has 1 atom stereocenters. The molecule has 1 saturated heterocycles. The van der Waals surface area contributed by atoms with Gasteiger partial charge in [0, 0.05) is 32.6 Å². The van der Waals surface area contributed by atoms with Gasteiger partial charge in [-0.1, -0.05) is 25.0 Å². The van der Waals surface area contributed by atoms with Crippen molar-refractivity contribution in [2.75, 3.05) is 33.4 Å². The van der Waals surface area contributed by atoms with Crippen LogP contribution in [0.2, 0.25) is 0 Å². The summed E-state index contributed by atoms with van der Waals surface area (Å²) in [5, 5.41) is 0. The Kier molecular flexibility index (Phi) is 5.74. The Morgan fingerprint density at radius 3 is 2.96 bits per heavy atom. The highest BCUT2D eigenvalue weighted by Crippen LogP contribution is 2.27. The van der Waals surface area contributed by atoms with Gasteiger partial charge >= 0.3 is 0 Å². The van der Waals surface area contributed by atoms with E-state index in [2.05, 4.69) is 14.9 Å². The SMILES string of the molecule is CN(CCCc1nc2ccccc2[nH]1)C(=O)[C@@H]1COCCN1C1CCCC1. The quantitative estimate of drug-likeness (QED) is 0.849. The first-order chi connectivity index (χ1) is 13.2. The number of likely N-dealkylation sites (N-methyl/N-ethyl adjacent to an activating group) is 1. The summed E-state index contributed by atoms with van der Waals surface area (Å²) in [7, 11) is 1.92. The molecule has 2 aromatic rings. The van der Waals surface area contributed by atoms with E-state index in [0.717, 1.165) is 49.4 Å². The van der Waals surface area contributed by atoms with Crippen LogP contribution >= 0.6 is 0 Å². The standard InChI is InChI=1S/C21H30N4O2/c1-24(12-6-11-20-22-17-9-4-5-10-18(17)23-20)21(26)19-15-27-14-13-25(19)16-7-2-3-8-16/h4-5,9-10,16,19H,2-3,6-8,11-15H2,1H3,(H,22,23)/t19-/m0/s1. The van der Waals surface area contributed by atoms with Crippen LogP contribution in [0.3, 0.4) is 0 Å². The Morgan fingerprint density at radius 2 is 2.15 bits per heavy atom. The minimum absolute atomic E-state index is 0.113. The summed E-state index contributed by atoms with van der Waals surface area (Å²) in [4.78, 5) is 25.3. The topological polar surface area (TPSA) is 61.5 Å². The number of morpholine rings is 1. The molecule has 6 nitrogen and oxygen atoms in total. The molecule has 1 N–H and O–H groups in total. The fourth-order valence-electron chi connectivity index (χ4n) is 4.47. The number of hydrogen-bond acceptors (Lipinski definition) is 4. The first-order valence-electron chi connectivity index (χ1n) is 10.2. The second kappa shape index (κ2) is 8.40. The minimum Gasteiger partial charge on any atom is -0.378 e.